The van der Waals surface area contributed by atoms with E-state index in [2.05, 4.69) is 4.98 Å². The molecule has 21 heavy (non-hydrogen) atoms. The monoisotopic (exact) mass is 294 g/mol. The maximum atomic E-state index is 12.4. The zero-order chi connectivity index (χ0) is 15.6. The van der Waals surface area contributed by atoms with E-state index in [1.807, 2.05) is 13.8 Å². The Kier molecular flexibility index (Phi) is 4.46. The van der Waals surface area contributed by atoms with Crippen LogP contribution in [0.2, 0.25) is 0 Å². The molecule has 6 nitrogen and oxygen atoms in total. The zero-order valence-corrected chi connectivity index (χ0v) is 12.8. The van der Waals surface area contributed by atoms with Crippen LogP contribution in [-0.2, 0) is 4.74 Å². The smallest absolute Gasteiger partial charge is 0.328 e. The number of ketones is 1. The van der Waals surface area contributed by atoms with Gasteiger partial charge in [0.2, 0.25) is 0 Å². The fourth-order valence-corrected chi connectivity index (χ4v) is 3.04. The summed E-state index contributed by atoms with van der Waals surface area (Å²) in [6, 6.07) is -0.228. The standard InChI is InChI=1S/C15H22N2O4/c1-4-15(5-2)8-11(6-7-21-15)17-13(19)12(10(3)18)9-16-14(17)20/h9,11H,4-8H2,1-3H3,(H,16,20). The molecule has 0 bridgehead atoms. The van der Waals surface area contributed by atoms with Crippen molar-refractivity contribution in [2.75, 3.05) is 6.61 Å². The van der Waals surface area contributed by atoms with Gasteiger partial charge in [0.15, 0.2) is 5.78 Å². The van der Waals surface area contributed by atoms with Crippen molar-refractivity contribution in [2.45, 2.75) is 58.1 Å². The number of carbonyl (C=O) groups is 1. The largest absolute Gasteiger partial charge is 0.375 e. The second kappa shape index (κ2) is 5.97. The molecule has 0 radical (unpaired) electrons. The lowest BCUT2D eigenvalue weighted by molar-refractivity contribution is -0.0996. The van der Waals surface area contributed by atoms with Gasteiger partial charge in [-0.2, -0.15) is 0 Å². The van der Waals surface area contributed by atoms with Crippen molar-refractivity contribution in [3.63, 3.8) is 0 Å². The second-order valence-corrected chi connectivity index (χ2v) is 5.62. The molecule has 0 amide bonds. The number of H-pyrrole nitrogens is 1. The Balaban J connectivity index is 2.47. The van der Waals surface area contributed by atoms with E-state index in [4.69, 9.17) is 4.74 Å². The van der Waals surface area contributed by atoms with Crippen LogP contribution < -0.4 is 11.2 Å². The minimum Gasteiger partial charge on any atom is -0.375 e. The SMILES string of the molecule is CCC1(CC)CC(n2c(=O)[nH]cc(C(C)=O)c2=O)CCO1. The van der Waals surface area contributed by atoms with Crippen LogP contribution in [0.5, 0.6) is 0 Å². The number of hydrogen-bond donors (Lipinski definition) is 1. The molecular formula is C15H22N2O4. The third kappa shape index (κ3) is 2.85. The topological polar surface area (TPSA) is 81.2 Å². The number of aromatic amines is 1. The molecule has 0 aliphatic carbocycles. The number of ether oxygens (including phenoxy) is 1. The van der Waals surface area contributed by atoms with Crippen molar-refractivity contribution < 1.29 is 9.53 Å². The fraction of sp³-hybridized carbons (Fsp3) is 0.667. The number of nitrogens with one attached hydrogen (secondary N) is 1. The molecule has 1 aliphatic heterocycles. The minimum atomic E-state index is -0.501. The van der Waals surface area contributed by atoms with Gasteiger partial charge in [0, 0.05) is 18.8 Å². The van der Waals surface area contributed by atoms with Crippen molar-refractivity contribution in [1.82, 2.24) is 9.55 Å². The molecule has 0 aromatic carbocycles. The summed E-state index contributed by atoms with van der Waals surface area (Å²) in [5.74, 6) is -0.339. The number of carbonyl (C=O) groups excluding carboxylic acids is 1. The molecule has 1 aliphatic rings. The Bertz CT molecular complexity index is 640. The molecule has 1 fully saturated rings. The summed E-state index contributed by atoms with van der Waals surface area (Å²) in [5.41, 5.74) is -1.22. The van der Waals surface area contributed by atoms with E-state index in [-0.39, 0.29) is 23.0 Å². The van der Waals surface area contributed by atoms with Gasteiger partial charge in [0.05, 0.1) is 11.2 Å². The summed E-state index contributed by atoms with van der Waals surface area (Å²) in [5, 5.41) is 0. The van der Waals surface area contributed by atoms with E-state index in [9.17, 15) is 14.4 Å². The van der Waals surface area contributed by atoms with Crippen LogP contribution >= 0.6 is 0 Å². The quantitative estimate of drug-likeness (QED) is 0.856. The molecule has 2 rings (SSSR count). The molecule has 2 heterocycles. The average Bonchev–Trinajstić information content (AvgIpc) is 2.47. The molecule has 1 unspecified atom stereocenters. The van der Waals surface area contributed by atoms with Gasteiger partial charge in [0.25, 0.3) is 5.56 Å². The molecular weight excluding hydrogens is 272 g/mol. The summed E-state index contributed by atoms with van der Waals surface area (Å²) >= 11 is 0. The highest BCUT2D eigenvalue weighted by molar-refractivity contribution is 5.93. The first-order valence-corrected chi connectivity index (χ1v) is 7.43. The first-order chi connectivity index (χ1) is 9.94. The molecule has 116 valence electrons. The summed E-state index contributed by atoms with van der Waals surface area (Å²) in [6.07, 6.45) is 4.09. The number of hydrogen-bond acceptors (Lipinski definition) is 4. The third-order valence-corrected chi connectivity index (χ3v) is 4.51. The highest BCUT2D eigenvalue weighted by Crippen LogP contribution is 2.36. The third-order valence-electron chi connectivity index (χ3n) is 4.51. The van der Waals surface area contributed by atoms with E-state index in [1.54, 1.807) is 0 Å². The van der Waals surface area contributed by atoms with Crippen molar-refractivity contribution in [2.24, 2.45) is 0 Å². The number of aromatic nitrogens is 2. The van der Waals surface area contributed by atoms with Crippen LogP contribution in [-0.4, -0.2) is 27.5 Å². The van der Waals surface area contributed by atoms with Crippen molar-refractivity contribution in [3.05, 3.63) is 32.6 Å². The number of nitrogens with zero attached hydrogens (tertiary/aromatic N) is 1. The van der Waals surface area contributed by atoms with E-state index < -0.39 is 11.2 Å². The Morgan fingerprint density at radius 3 is 2.67 bits per heavy atom. The Morgan fingerprint density at radius 1 is 1.43 bits per heavy atom. The minimum absolute atomic E-state index is 0.0275. The molecule has 1 saturated heterocycles. The molecule has 0 saturated carbocycles. The first kappa shape index (κ1) is 15.7. The van der Waals surface area contributed by atoms with E-state index in [0.717, 1.165) is 12.8 Å². The van der Waals surface area contributed by atoms with Crippen LogP contribution in [0.15, 0.2) is 15.8 Å². The molecule has 1 aromatic heterocycles. The predicted molar refractivity (Wildman–Crippen MR) is 78.9 cm³/mol. The maximum Gasteiger partial charge on any atom is 0.328 e. The Labute approximate surface area is 123 Å². The Morgan fingerprint density at radius 2 is 2.10 bits per heavy atom. The van der Waals surface area contributed by atoms with Crippen LogP contribution in [0.25, 0.3) is 0 Å². The maximum absolute atomic E-state index is 12.4. The van der Waals surface area contributed by atoms with Gasteiger partial charge in [-0.1, -0.05) is 13.8 Å². The van der Waals surface area contributed by atoms with Gasteiger partial charge >= 0.3 is 5.69 Å². The summed E-state index contributed by atoms with van der Waals surface area (Å²) in [7, 11) is 0. The van der Waals surface area contributed by atoms with E-state index >= 15 is 0 Å². The second-order valence-electron chi connectivity index (χ2n) is 5.62. The number of Topliss-reactive ketones (excluding diaryl/α,β-unsaturated/α-hetero) is 1. The van der Waals surface area contributed by atoms with Gasteiger partial charge < -0.3 is 9.72 Å². The van der Waals surface area contributed by atoms with Gasteiger partial charge in [-0.25, -0.2) is 4.79 Å². The van der Waals surface area contributed by atoms with E-state index in [1.165, 1.54) is 17.7 Å². The van der Waals surface area contributed by atoms with Crippen LogP contribution in [0.4, 0.5) is 0 Å². The zero-order valence-electron chi connectivity index (χ0n) is 12.8. The molecule has 1 N–H and O–H groups in total. The fourth-order valence-electron chi connectivity index (χ4n) is 3.04. The highest BCUT2D eigenvalue weighted by Gasteiger charge is 2.36. The van der Waals surface area contributed by atoms with Crippen LogP contribution in [0.3, 0.4) is 0 Å². The molecule has 1 atom stereocenters. The van der Waals surface area contributed by atoms with E-state index in [0.29, 0.717) is 19.4 Å². The first-order valence-electron chi connectivity index (χ1n) is 7.43. The lowest BCUT2D eigenvalue weighted by atomic mass is 9.86. The Hall–Kier alpha value is -1.69. The average molecular weight is 294 g/mol. The lowest BCUT2D eigenvalue weighted by Gasteiger charge is -2.40. The van der Waals surface area contributed by atoms with Crippen LogP contribution in [0.1, 0.15) is 62.9 Å². The molecule has 6 heteroatoms. The molecule has 0 spiro atoms. The summed E-state index contributed by atoms with van der Waals surface area (Å²) in [6.45, 7) is 5.93. The van der Waals surface area contributed by atoms with Crippen molar-refractivity contribution in [1.29, 1.82) is 0 Å². The van der Waals surface area contributed by atoms with Crippen molar-refractivity contribution in [3.8, 4) is 0 Å². The van der Waals surface area contributed by atoms with Crippen LogP contribution in [0, 0.1) is 0 Å². The summed E-state index contributed by atoms with van der Waals surface area (Å²) < 4.78 is 7.07. The predicted octanol–water partition coefficient (Wildman–Crippen LogP) is 1.65. The number of rotatable bonds is 4. The van der Waals surface area contributed by atoms with Gasteiger partial charge in [-0.05, 0) is 32.6 Å². The van der Waals surface area contributed by atoms with Gasteiger partial charge in [-0.3, -0.25) is 14.2 Å². The van der Waals surface area contributed by atoms with Gasteiger partial charge in [0.1, 0.15) is 0 Å². The molecule has 1 aromatic rings. The highest BCUT2D eigenvalue weighted by atomic mass is 16.5. The normalized spacial score (nSPS) is 21.2. The lowest BCUT2D eigenvalue weighted by Crippen LogP contribution is -2.47. The summed E-state index contributed by atoms with van der Waals surface area (Å²) in [4.78, 5) is 38.4. The van der Waals surface area contributed by atoms with Crippen molar-refractivity contribution >= 4 is 5.78 Å². The van der Waals surface area contributed by atoms with Gasteiger partial charge in [-0.15, -0.1) is 0 Å².